The van der Waals surface area contributed by atoms with Crippen molar-refractivity contribution in [2.24, 2.45) is 0 Å². The van der Waals surface area contributed by atoms with Crippen LogP contribution in [0.5, 0.6) is 0 Å². The summed E-state index contributed by atoms with van der Waals surface area (Å²) in [5.74, 6) is 0. The Labute approximate surface area is 256 Å². The summed E-state index contributed by atoms with van der Waals surface area (Å²) in [5, 5.41) is 5.46. The van der Waals surface area contributed by atoms with Crippen molar-refractivity contribution in [3.8, 4) is 50.2 Å². The molecule has 7 aromatic carbocycles. The predicted octanol–water partition coefficient (Wildman–Crippen LogP) is 11.6. The second-order valence-corrected chi connectivity index (χ2v) is 12.9. The summed E-state index contributed by atoms with van der Waals surface area (Å²) >= 11 is 0. The van der Waals surface area contributed by atoms with E-state index in [0.29, 0.717) is 0 Å². The lowest BCUT2D eigenvalue weighted by molar-refractivity contribution is 0.661. The Morgan fingerprint density at radius 3 is 1.93 bits per heavy atom. The van der Waals surface area contributed by atoms with Crippen molar-refractivity contribution < 1.29 is 0 Å². The topological polar surface area (TPSA) is 4.93 Å². The lowest BCUT2D eigenvalue weighted by Gasteiger charge is -2.22. The maximum absolute atomic E-state index is 2.49. The molecule has 1 nitrogen and oxygen atoms in total. The van der Waals surface area contributed by atoms with E-state index in [-0.39, 0.29) is 5.41 Å². The highest BCUT2D eigenvalue weighted by atomic mass is 15.0. The van der Waals surface area contributed by atoms with Crippen molar-refractivity contribution in [3.05, 3.63) is 151 Å². The summed E-state index contributed by atoms with van der Waals surface area (Å²) in [6.45, 7) is 4.78. The Kier molecular flexibility index (Phi) is 4.58. The third kappa shape index (κ3) is 2.99. The van der Waals surface area contributed by atoms with E-state index in [1.165, 1.54) is 93.9 Å². The van der Waals surface area contributed by atoms with E-state index in [1.54, 1.807) is 0 Å². The Morgan fingerprint density at radius 1 is 0.432 bits per heavy atom. The van der Waals surface area contributed by atoms with Gasteiger partial charge in [0.05, 0.1) is 11.0 Å². The molecule has 10 rings (SSSR count). The van der Waals surface area contributed by atoms with Gasteiger partial charge in [0.25, 0.3) is 0 Å². The van der Waals surface area contributed by atoms with Crippen molar-refractivity contribution in [2.75, 3.05) is 0 Å². The molecule has 0 saturated heterocycles. The number of fused-ring (bicyclic) bond motifs is 1. The van der Waals surface area contributed by atoms with E-state index >= 15 is 0 Å². The molecule has 0 atom stereocenters. The monoisotopic (exact) mass is 559 g/mol. The van der Waals surface area contributed by atoms with E-state index in [2.05, 4.69) is 158 Å². The molecule has 0 amide bonds. The van der Waals surface area contributed by atoms with Crippen LogP contribution >= 0.6 is 0 Å². The molecule has 8 aromatic rings. The van der Waals surface area contributed by atoms with Gasteiger partial charge in [-0.3, -0.25) is 0 Å². The third-order valence-corrected chi connectivity index (χ3v) is 10.3. The first-order chi connectivity index (χ1) is 21.6. The van der Waals surface area contributed by atoms with Gasteiger partial charge in [-0.1, -0.05) is 123 Å². The van der Waals surface area contributed by atoms with Crippen LogP contribution in [0.4, 0.5) is 0 Å². The highest BCUT2D eigenvalue weighted by Gasteiger charge is 2.40. The molecule has 0 aliphatic heterocycles. The molecule has 1 heteroatoms. The molecule has 1 heterocycles. The number of benzene rings is 7. The quantitative estimate of drug-likeness (QED) is 0.203. The Hall–Kier alpha value is -5.40. The molecule has 0 bridgehead atoms. The molecule has 0 fully saturated rings. The van der Waals surface area contributed by atoms with Gasteiger partial charge in [-0.15, -0.1) is 0 Å². The van der Waals surface area contributed by atoms with Gasteiger partial charge in [0.15, 0.2) is 0 Å². The van der Waals surface area contributed by atoms with Gasteiger partial charge in [0.2, 0.25) is 0 Å². The smallest absolute Gasteiger partial charge is 0.0548 e. The van der Waals surface area contributed by atoms with Crippen LogP contribution in [0.1, 0.15) is 25.0 Å². The fraction of sp³-hybridized carbons (Fsp3) is 0.0698. The largest absolute Gasteiger partial charge is 0.309 e. The van der Waals surface area contributed by atoms with Crippen LogP contribution in [0, 0.1) is 0 Å². The van der Waals surface area contributed by atoms with Gasteiger partial charge in [0, 0.05) is 21.9 Å². The molecule has 1 aromatic heterocycles. The van der Waals surface area contributed by atoms with E-state index in [0.717, 1.165) is 0 Å². The summed E-state index contributed by atoms with van der Waals surface area (Å²) in [5.41, 5.74) is 17.0. The molecule has 2 aliphatic rings. The lowest BCUT2D eigenvalue weighted by Crippen LogP contribution is -2.14. The zero-order valence-corrected chi connectivity index (χ0v) is 24.7. The molecule has 0 unspecified atom stereocenters. The number of rotatable bonds is 3. The van der Waals surface area contributed by atoms with Gasteiger partial charge in [-0.2, -0.15) is 0 Å². The molecular weight excluding hydrogens is 530 g/mol. The maximum atomic E-state index is 2.49. The van der Waals surface area contributed by atoms with Gasteiger partial charge in [-0.25, -0.2) is 0 Å². The SMILES string of the molecule is CC1(C)c2cccc3c2-c2c1ccc1ccc4c(c21)c1c-3cccc1n4-c1cccc(-c2cccc(-c3ccccc3)c2)c1. The summed E-state index contributed by atoms with van der Waals surface area (Å²) in [7, 11) is 0. The molecule has 0 radical (unpaired) electrons. The van der Waals surface area contributed by atoms with Gasteiger partial charge in [-0.05, 0) is 96.7 Å². The molecule has 0 saturated carbocycles. The fourth-order valence-corrected chi connectivity index (χ4v) is 8.29. The van der Waals surface area contributed by atoms with Crippen molar-refractivity contribution in [1.82, 2.24) is 4.57 Å². The van der Waals surface area contributed by atoms with Gasteiger partial charge < -0.3 is 4.57 Å². The van der Waals surface area contributed by atoms with Crippen molar-refractivity contribution >= 4 is 32.6 Å². The number of hydrogen-bond acceptors (Lipinski definition) is 0. The molecule has 0 spiro atoms. The Bertz CT molecular complexity index is 2510. The van der Waals surface area contributed by atoms with Gasteiger partial charge >= 0.3 is 0 Å². The standard InChI is InChI=1S/C43H29N/c1-43(2)34-18-8-16-32-33-17-9-19-36-40(33)42-37(23-21-27-20-22-35(43)41(38(27)42)39(32)34)44(36)31-15-7-14-30(25-31)29-13-6-12-28(24-29)26-10-4-3-5-11-26/h3-25H,1-2H3. The lowest BCUT2D eigenvalue weighted by atomic mass is 9.81. The fourth-order valence-electron chi connectivity index (χ4n) is 8.29. The molecule has 2 aliphatic carbocycles. The summed E-state index contributed by atoms with van der Waals surface area (Å²) < 4.78 is 2.49. The Morgan fingerprint density at radius 2 is 1.07 bits per heavy atom. The van der Waals surface area contributed by atoms with E-state index in [1.807, 2.05) is 0 Å². The van der Waals surface area contributed by atoms with Crippen LogP contribution in [-0.4, -0.2) is 4.57 Å². The average Bonchev–Trinajstić information content (AvgIpc) is 3.49. The maximum Gasteiger partial charge on any atom is 0.0548 e. The number of nitrogens with zero attached hydrogens (tertiary/aromatic N) is 1. The van der Waals surface area contributed by atoms with Crippen molar-refractivity contribution in [2.45, 2.75) is 19.3 Å². The van der Waals surface area contributed by atoms with Crippen LogP contribution < -0.4 is 0 Å². The first kappa shape index (κ1) is 24.1. The first-order valence-electron chi connectivity index (χ1n) is 15.5. The van der Waals surface area contributed by atoms with Crippen LogP contribution in [0.2, 0.25) is 0 Å². The van der Waals surface area contributed by atoms with Crippen molar-refractivity contribution in [3.63, 3.8) is 0 Å². The highest BCUT2D eigenvalue weighted by Crippen LogP contribution is 2.58. The number of hydrogen-bond donors (Lipinski definition) is 0. The molecule has 206 valence electrons. The second-order valence-electron chi connectivity index (χ2n) is 12.9. The molecular formula is C43H29N. The average molecular weight is 560 g/mol. The highest BCUT2D eigenvalue weighted by molar-refractivity contribution is 6.31. The Balaban J connectivity index is 1.28. The number of aromatic nitrogens is 1. The minimum atomic E-state index is -0.0341. The van der Waals surface area contributed by atoms with Crippen molar-refractivity contribution in [1.29, 1.82) is 0 Å². The summed E-state index contributed by atoms with van der Waals surface area (Å²) in [4.78, 5) is 0. The van der Waals surface area contributed by atoms with Crippen LogP contribution in [0.25, 0.3) is 82.8 Å². The summed E-state index contributed by atoms with van der Waals surface area (Å²) in [6.07, 6.45) is 0. The normalized spacial score (nSPS) is 13.9. The predicted molar refractivity (Wildman–Crippen MR) is 186 cm³/mol. The van der Waals surface area contributed by atoms with Crippen LogP contribution in [0.15, 0.2) is 140 Å². The molecule has 0 N–H and O–H groups in total. The zero-order chi connectivity index (χ0) is 29.2. The third-order valence-electron chi connectivity index (χ3n) is 10.3. The zero-order valence-electron chi connectivity index (χ0n) is 24.7. The van der Waals surface area contributed by atoms with Gasteiger partial charge in [0.1, 0.15) is 0 Å². The second kappa shape index (κ2) is 8.36. The minimum absolute atomic E-state index is 0.0341. The minimum Gasteiger partial charge on any atom is -0.309 e. The van der Waals surface area contributed by atoms with E-state index in [4.69, 9.17) is 0 Å². The van der Waals surface area contributed by atoms with Crippen LogP contribution in [0.3, 0.4) is 0 Å². The van der Waals surface area contributed by atoms with E-state index in [9.17, 15) is 0 Å². The molecule has 44 heavy (non-hydrogen) atoms. The first-order valence-corrected chi connectivity index (χ1v) is 15.5. The van der Waals surface area contributed by atoms with Crippen LogP contribution in [-0.2, 0) is 5.41 Å². The van der Waals surface area contributed by atoms with E-state index < -0.39 is 0 Å². The summed E-state index contributed by atoms with van der Waals surface area (Å²) in [6, 6.07) is 51.8.